The molecule has 2 aromatic carbocycles. The lowest BCUT2D eigenvalue weighted by Crippen LogP contribution is -2.22. The first-order valence-corrected chi connectivity index (χ1v) is 12.0. The highest BCUT2D eigenvalue weighted by atomic mass is 31.1. The van der Waals surface area contributed by atoms with Crippen LogP contribution in [-0.4, -0.2) is 0 Å². The molecule has 0 saturated carbocycles. The van der Waals surface area contributed by atoms with Crippen molar-refractivity contribution in [2.45, 2.75) is 105 Å². The molecule has 0 nitrogen and oxygen atoms in total. The molecule has 0 saturated heterocycles. The van der Waals surface area contributed by atoms with Crippen molar-refractivity contribution >= 4 is 19.2 Å². The molecule has 29 heavy (non-hydrogen) atoms. The standard InChI is InChI=1S/C28H43P/c1-25(2,3)19-13-20(26(4,5)6)16-23(15-19)29-24-17-21(27(7,8)9)14-22(18-24)28(10,11)12/h13-18,29H,1-12H3. The highest BCUT2D eigenvalue weighted by Crippen LogP contribution is 2.32. The van der Waals surface area contributed by atoms with Gasteiger partial charge in [0.05, 0.1) is 0 Å². The Morgan fingerprint density at radius 2 is 0.586 bits per heavy atom. The zero-order chi connectivity index (χ0) is 22.4. The lowest BCUT2D eigenvalue weighted by Gasteiger charge is -2.27. The lowest BCUT2D eigenvalue weighted by atomic mass is 9.81. The third kappa shape index (κ3) is 6.42. The van der Waals surface area contributed by atoms with Crippen molar-refractivity contribution in [2.24, 2.45) is 0 Å². The second kappa shape index (κ2) is 7.85. The summed E-state index contributed by atoms with van der Waals surface area (Å²) in [6, 6.07) is 14.6. The van der Waals surface area contributed by atoms with Crippen LogP contribution >= 0.6 is 8.58 Å². The first-order chi connectivity index (χ1) is 12.9. The van der Waals surface area contributed by atoms with E-state index in [1.165, 1.54) is 32.9 Å². The fourth-order valence-corrected chi connectivity index (χ4v) is 4.54. The molecule has 0 amide bonds. The Labute approximate surface area is 182 Å². The summed E-state index contributed by atoms with van der Waals surface area (Å²) in [4.78, 5) is 0. The van der Waals surface area contributed by atoms with Crippen LogP contribution in [0.1, 0.15) is 105 Å². The Morgan fingerprint density at radius 3 is 0.759 bits per heavy atom. The normalized spacial score (nSPS) is 13.7. The molecule has 2 rings (SSSR count). The van der Waals surface area contributed by atoms with Gasteiger partial charge in [-0.05, 0) is 54.5 Å². The Morgan fingerprint density at radius 1 is 0.379 bits per heavy atom. The first kappa shape index (κ1) is 24.1. The molecule has 160 valence electrons. The quantitative estimate of drug-likeness (QED) is 0.449. The van der Waals surface area contributed by atoms with Crippen molar-refractivity contribution in [2.75, 3.05) is 0 Å². The van der Waals surface area contributed by atoms with E-state index in [9.17, 15) is 0 Å². The van der Waals surface area contributed by atoms with Crippen LogP contribution in [0.4, 0.5) is 0 Å². The third-order valence-corrected chi connectivity index (χ3v) is 6.77. The van der Waals surface area contributed by atoms with Gasteiger partial charge in [-0.25, -0.2) is 0 Å². The highest BCUT2D eigenvalue weighted by Gasteiger charge is 2.23. The molecular weight excluding hydrogens is 367 g/mol. The van der Waals surface area contributed by atoms with Crippen LogP contribution in [0.3, 0.4) is 0 Å². The Bertz CT molecular complexity index is 721. The molecule has 0 aliphatic carbocycles. The van der Waals surface area contributed by atoms with Gasteiger partial charge in [0.2, 0.25) is 0 Å². The Hall–Kier alpha value is -1.13. The zero-order valence-corrected chi connectivity index (χ0v) is 22.0. The minimum absolute atomic E-state index is 0.157. The maximum Gasteiger partial charge on any atom is -0.0132 e. The maximum absolute atomic E-state index is 2.44. The second-order valence-electron chi connectivity index (χ2n) is 12.7. The molecule has 0 radical (unpaired) electrons. The third-order valence-electron chi connectivity index (χ3n) is 5.62. The molecule has 0 aliphatic heterocycles. The molecule has 0 spiro atoms. The van der Waals surface area contributed by atoms with Gasteiger partial charge in [0.25, 0.3) is 0 Å². The van der Waals surface area contributed by atoms with Crippen LogP contribution in [0.5, 0.6) is 0 Å². The zero-order valence-electron chi connectivity index (χ0n) is 21.0. The maximum atomic E-state index is 2.44. The molecule has 0 aromatic heterocycles. The number of hydrogen-bond acceptors (Lipinski definition) is 0. The van der Waals surface area contributed by atoms with Gasteiger partial charge in [-0.3, -0.25) is 0 Å². The van der Waals surface area contributed by atoms with Crippen LogP contribution in [-0.2, 0) is 21.7 Å². The predicted molar refractivity (Wildman–Crippen MR) is 135 cm³/mol. The van der Waals surface area contributed by atoms with Gasteiger partial charge in [0, 0.05) is 0 Å². The summed E-state index contributed by atoms with van der Waals surface area (Å²) in [6.07, 6.45) is 0. The average molecular weight is 411 g/mol. The number of hydrogen-bond donors (Lipinski definition) is 0. The highest BCUT2D eigenvalue weighted by molar-refractivity contribution is 7.55. The van der Waals surface area contributed by atoms with Crippen molar-refractivity contribution in [3.8, 4) is 0 Å². The smallest absolute Gasteiger partial charge is 0.0132 e. The van der Waals surface area contributed by atoms with E-state index in [2.05, 4.69) is 119 Å². The summed E-state index contributed by atoms with van der Waals surface area (Å²) in [7, 11) is 0.679. The van der Waals surface area contributed by atoms with E-state index >= 15 is 0 Å². The van der Waals surface area contributed by atoms with E-state index in [-0.39, 0.29) is 21.7 Å². The molecule has 0 unspecified atom stereocenters. The van der Waals surface area contributed by atoms with Gasteiger partial charge < -0.3 is 0 Å². The van der Waals surface area contributed by atoms with E-state index < -0.39 is 0 Å². The fourth-order valence-electron chi connectivity index (χ4n) is 3.30. The largest absolute Gasteiger partial charge is 0.0591 e. The van der Waals surface area contributed by atoms with E-state index in [1.54, 1.807) is 0 Å². The summed E-state index contributed by atoms with van der Waals surface area (Å²) in [5.41, 5.74) is 6.39. The molecule has 0 bridgehead atoms. The molecule has 0 N–H and O–H groups in total. The van der Waals surface area contributed by atoms with Crippen molar-refractivity contribution in [3.63, 3.8) is 0 Å². The molecular formula is C28H43P. The van der Waals surface area contributed by atoms with Gasteiger partial charge in [0.15, 0.2) is 0 Å². The molecule has 0 heterocycles. The summed E-state index contributed by atoms with van der Waals surface area (Å²) in [5.74, 6) is 0. The monoisotopic (exact) mass is 410 g/mol. The van der Waals surface area contributed by atoms with Gasteiger partial charge in [0.1, 0.15) is 0 Å². The summed E-state index contributed by atoms with van der Waals surface area (Å²) in [5, 5.41) is 2.90. The van der Waals surface area contributed by atoms with Crippen LogP contribution in [0.25, 0.3) is 0 Å². The SMILES string of the molecule is CC(C)(C)c1cc(Pc2cc(C(C)(C)C)cc(C(C)(C)C)c2)cc(C(C)(C)C)c1. The van der Waals surface area contributed by atoms with Crippen molar-refractivity contribution in [3.05, 3.63) is 58.7 Å². The van der Waals surface area contributed by atoms with E-state index in [4.69, 9.17) is 0 Å². The second-order valence-corrected chi connectivity index (χ2v) is 14.1. The van der Waals surface area contributed by atoms with Crippen molar-refractivity contribution < 1.29 is 0 Å². The van der Waals surface area contributed by atoms with E-state index in [1.807, 2.05) is 0 Å². The van der Waals surface area contributed by atoms with Crippen LogP contribution in [0.2, 0.25) is 0 Å². The topological polar surface area (TPSA) is 0 Å². The van der Waals surface area contributed by atoms with Crippen molar-refractivity contribution in [1.82, 2.24) is 0 Å². The minimum Gasteiger partial charge on any atom is -0.0591 e. The summed E-state index contributed by atoms with van der Waals surface area (Å²) >= 11 is 0. The molecule has 0 aliphatic rings. The van der Waals surface area contributed by atoms with Crippen LogP contribution in [0, 0.1) is 0 Å². The minimum atomic E-state index is 0.157. The Kier molecular flexibility index (Phi) is 6.53. The first-order valence-electron chi connectivity index (χ1n) is 11.0. The average Bonchev–Trinajstić information content (AvgIpc) is 2.51. The molecule has 0 fully saturated rings. The van der Waals surface area contributed by atoms with Gasteiger partial charge in [-0.15, -0.1) is 0 Å². The Balaban J connectivity index is 2.61. The van der Waals surface area contributed by atoms with Crippen LogP contribution < -0.4 is 10.6 Å². The van der Waals surface area contributed by atoms with E-state index in [0.717, 1.165) is 0 Å². The molecule has 2 aromatic rings. The summed E-state index contributed by atoms with van der Waals surface area (Å²) in [6.45, 7) is 27.8. The molecule has 0 atom stereocenters. The fraction of sp³-hybridized carbons (Fsp3) is 0.571. The summed E-state index contributed by atoms with van der Waals surface area (Å²) < 4.78 is 0. The number of benzene rings is 2. The predicted octanol–water partition coefficient (Wildman–Crippen LogP) is 7.51. The van der Waals surface area contributed by atoms with Crippen molar-refractivity contribution in [1.29, 1.82) is 0 Å². The van der Waals surface area contributed by atoms with Gasteiger partial charge in [-0.1, -0.05) is 128 Å². The van der Waals surface area contributed by atoms with Gasteiger partial charge in [-0.2, -0.15) is 0 Å². The molecule has 1 heteroatoms. The van der Waals surface area contributed by atoms with Crippen LogP contribution in [0.15, 0.2) is 36.4 Å². The lowest BCUT2D eigenvalue weighted by molar-refractivity contribution is 0.569. The number of rotatable bonds is 2. The van der Waals surface area contributed by atoms with E-state index in [0.29, 0.717) is 8.58 Å². The van der Waals surface area contributed by atoms with Gasteiger partial charge >= 0.3 is 0 Å².